The number of benzene rings is 1. The lowest BCUT2D eigenvalue weighted by atomic mass is 9.77. The van der Waals surface area contributed by atoms with Crippen molar-refractivity contribution in [1.82, 2.24) is 4.90 Å². The van der Waals surface area contributed by atoms with Crippen LogP contribution >= 0.6 is 0 Å². The molecule has 0 radical (unpaired) electrons. The number of amides is 2. The second-order valence-electron chi connectivity index (χ2n) is 8.45. The molecule has 3 heteroatoms. The number of urea groups is 1. The van der Waals surface area contributed by atoms with Crippen LogP contribution in [0.25, 0.3) is 0 Å². The van der Waals surface area contributed by atoms with Crippen molar-refractivity contribution >= 4 is 11.7 Å². The molecule has 1 heterocycles. The third-order valence-electron chi connectivity index (χ3n) is 5.78. The number of rotatable bonds is 1. The molecule has 1 N–H and O–H groups in total. The van der Waals surface area contributed by atoms with Gasteiger partial charge in [-0.1, -0.05) is 45.7 Å². The molecular formula is C20H30N2O. The largest absolute Gasteiger partial charge is 0.324 e. The van der Waals surface area contributed by atoms with Crippen molar-refractivity contribution in [3.63, 3.8) is 0 Å². The molecule has 0 atom stereocenters. The molecule has 1 saturated carbocycles. The fourth-order valence-electron chi connectivity index (χ4n) is 4.07. The van der Waals surface area contributed by atoms with Gasteiger partial charge in [-0.05, 0) is 54.2 Å². The Morgan fingerprint density at radius 1 is 1.00 bits per heavy atom. The van der Waals surface area contributed by atoms with Crippen molar-refractivity contribution in [2.75, 3.05) is 18.4 Å². The van der Waals surface area contributed by atoms with Gasteiger partial charge in [0.2, 0.25) is 0 Å². The third kappa shape index (κ3) is 3.70. The number of nitrogens with one attached hydrogen (secondary N) is 1. The fourth-order valence-corrected chi connectivity index (χ4v) is 4.07. The normalized spacial score (nSPS) is 20.7. The van der Waals surface area contributed by atoms with E-state index in [4.69, 9.17) is 0 Å². The summed E-state index contributed by atoms with van der Waals surface area (Å²) < 4.78 is 0. The molecule has 0 aromatic heterocycles. The fraction of sp³-hybridized carbons (Fsp3) is 0.650. The predicted molar refractivity (Wildman–Crippen MR) is 95.9 cm³/mol. The maximum Gasteiger partial charge on any atom is 0.321 e. The lowest BCUT2D eigenvalue weighted by Gasteiger charge is -2.39. The number of carbonyl (C=O) groups is 1. The number of carbonyl (C=O) groups excluding carboxylic acids is 1. The highest BCUT2D eigenvalue weighted by atomic mass is 16.2. The van der Waals surface area contributed by atoms with E-state index >= 15 is 0 Å². The van der Waals surface area contributed by atoms with E-state index in [-0.39, 0.29) is 11.4 Å². The van der Waals surface area contributed by atoms with Crippen LogP contribution in [0, 0.1) is 5.41 Å². The molecule has 3 rings (SSSR count). The van der Waals surface area contributed by atoms with Gasteiger partial charge in [0.15, 0.2) is 0 Å². The van der Waals surface area contributed by atoms with Crippen LogP contribution in [-0.4, -0.2) is 24.0 Å². The minimum Gasteiger partial charge on any atom is -0.324 e. The molecule has 1 aliphatic carbocycles. The van der Waals surface area contributed by atoms with Crippen molar-refractivity contribution in [3.05, 3.63) is 29.8 Å². The Morgan fingerprint density at radius 3 is 2.09 bits per heavy atom. The van der Waals surface area contributed by atoms with Gasteiger partial charge in [0.05, 0.1) is 0 Å². The molecule has 1 saturated heterocycles. The van der Waals surface area contributed by atoms with E-state index in [9.17, 15) is 4.79 Å². The first kappa shape index (κ1) is 16.4. The molecule has 3 nitrogen and oxygen atoms in total. The van der Waals surface area contributed by atoms with Crippen molar-refractivity contribution in [3.8, 4) is 0 Å². The van der Waals surface area contributed by atoms with Gasteiger partial charge in [-0.15, -0.1) is 0 Å². The lowest BCUT2D eigenvalue weighted by Crippen LogP contribution is -2.44. The summed E-state index contributed by atoms with van der Waals surface area (Å²) in [5.41, 5.74) is 2.89. The van der Waals surface area contributed by atoms with E-state index in [1.807, 2.05) is 17.0 Å². The van der Waals surface area contributed by atoms with Crippen LogP contribution in [-0.2, 0) is 5.41 Å². The molecular weight excluding hydrogens is 284 g/mol. The molecule has 1 aromatic carbocycles. The Balaban J connectivity index is 1.55. The number of hydrogen-bond donors (Lipinski definition) is 1. The van der Waals surface area contributed by atoms with Gasteiger partial charge in [0, 0.05) is 18.8 Å². The first-order chi connectivity index (χ1) is 10.9. The van der Waals surface area contributed by atoms with Crippen LogP contribution in [0.2, 0.25) is 0 Å². The highest BCUT2D eigenvalue weighted by molar-refractivity contribution is 5.89. The van der Waals surface area contributed by atoms with E-state index in [1.165, 1.54) is 44.1 Å². The van der Waals surface area contributed by atoms with Crippen molar-refractivity contribution < 1.29 is 4.79 Å². The third-order valence-corrected chi connectivity index (χ3v) is 5.78. The summed E-state index contributed by atoms with van der Waals surface area (Å²) in [6, 6.07) is 8.31. The molecule has 0 unspecified atom stereocenters. The molecule has 2 fully saturated rings. The number of nitrogens with zero attached hydrogens (tertiary/aromatic N) is 1. The lowest BCUT2D eigenvalue weighted by molar-refractivity contribution is 0.127. The molecule has 1 aliphatic heterocycles. The van der Waals surface area contributed by atoms with Gasteiger partial charge in [-0.25, -0.2) is 4.79 Å². The van der Waals surface area contributed by atoms with Crippen LogP contribution in [0.3, 0.4) is 0 Å². The highest BCUT2D eigenvalue weighted by Crippen LogP contribution is 2.46. The molecule has 1 aromatic rings. The molecule has 2 aliphatic rings. The van der Waals surface area contributed by atoms with Gasteiger partial charge >= 0.3 is 6.03 Å². The molecule has 126 valence electrons. The molecule has 23 heavy (non-hydrogen) atoms. The Morgan fingerprint density at radius 2 is 1.57 bits per heavy atom. The van der Waals surface area contributed by atoms with Gasteiger partial charge < -0.3 is 10.2 Å². The Labute approximate surface area is 140 Å². The van der Waals surface area contributed by atoms with Crippen LogP contribution in [0.15, 0.2) is 24.3 Å². The van der Waals surface area contributed by atoms with Crippen molar-refractivity contribution in [2.45, 2.75) is 64.7 Å². The van der Waals surface area contributed by atoms with Crippen LogP contribution in [0.1, 0.15) is 64.9 Å². The number of likely N-dealkylation sites (tertiary alicyclic amines) is 1. The first-order valence-corrected chi connectivity index (χ1v) is 9.05. The highest BCUT2D eigenvalue weighted by Gasteiger charge is 2.37. The summed E-state index contributed by atoms with van der Waals surface area (Å²) in [6.07, 6.45) is 7.87. The SMILES string of the molecule is CC(C)(C)c1ccc(NC(=O)N2CCC3(CCCC3)CC2)cc1. The van der Waals surface area contributed by atoms with E-state index < -0.39 is 0 Å². The first-order valence-electron chi connectivity index (χ1n) is 9.05. The summed E-state index contributed by atoms with van der Waals surface area (Å²) >= 11 is 0. The standard InChI is InChI=1S/C20H30N2O/c1-19(2,3)16-6-8-17(9-7-16)21-18(23)22-14-12-20(13-15-22)10-4-5-11-20/h6-9H,4-5,10-15H2,1-3H3,(H,21,23). The van der Waals surface area contributed by atoms with Crippen LogP contribution in [0.5, 0.6) is 0 Å². The van der Waals surface area contributed by atoms with Crippen LogP contribution < -0.4 is 5.32 Å². The average Bonchev–Trinajstić information content (AvgIpc) is 2.96. The van der Waals surface area contributed by atoms with Crippen molar-refractivity contribution in [1.29, 1.82) is 0 Å². The second-order valence-corrected chi connectivity index (χ2v) is 8.45. The van der Waals surface area contributed by atoms with Gasteiger partial charge in [0.1, 0.15) is 0 Å². The number of hydrogen-bond acceptors (Lipinski definition) is 1. The van der Waals surface area contributed by atoms with E-state index in [2.05, 4.69) is 38.2 Å². The van der Waals surface area contributed by atoms with E-state index in [0.717, 1.165) is 18.8 Å². The molecule has 1 spiro atoms. The van der Waals surface area contributed by atoms with Gasteiger partial charge in [-0.2, -0.15) is 0 Å². The quantitative estimate of drug-likeness (QED) is 0.761. The summed E-state index contributed by atoms with van der Waals surface area (Å²) in [5.74, 6) is 0. The van der Waals surface area contributed by atoms with Crippen molar-refractivity contribution in [2.24, 2.45) is 5.41 Å². The summed E-state index contributed by atoms with van der Waals surface area (Å²) in [7, 11) is 0. The number of anilines is 1. The van der Waals surface area contributed by atoms with Gasteiger partial charge in [-0.3, -0.25) is 0 Å². The second kappa shape index (κ2) is 6.18. The minimum absolute atomic E-state index is 0.0568. The number of piperidine rings is 1. The van der Waals surface area contributed by atoms with E-state index in [1.54, 1.807) is 0 Å². The summed E-state index contributed by atoms with van der Waals surface area (Å²) in [6.45, 7) is 8.42. The Bertz CT molecular complexity index is 540. The van der Waals surface area contributed by atoms with Gasteiger partial charge in [0.25, 0.3) is 0 Å². The maximum atomic E-state index is 12.5. The topological polar surface area (TPSA) is 32.3 Å². The summed E-state index contributed by atoms with van der Waals surface area (Å²) in [5, 5.41) is 3.06. The summed E-state index contributed by atoms with van der Waals surface area (Å²) in [4.78, 5) is 14.5. The van der Waals surface area contributed by atoms with E-state index in [0.29, 0.717) is 5.41 Å². The minimum atomic E-state index is 0.0568. The average molecular weight is 314 g/mol. The monoisotopic (exact) mass is 314 g/mol. The zero-order chi connectivity index (χ0) is 16.5. The zero-order valence-electron chi connectivity index (χ0n) is 14.8. The zero-order valence-corrected chi connectivity index (χ0v) is 14.8. The Kier molecular flexibility index (Phi) is 4.39. The molecule has 0 bridgehead atoms. The maximum absolute atomic E-state index is 12.5. The Hall–Kier alpha value is -1.51. The predicted octanol–water partition coefficient (Wildman–Crippen LogP) is 5.17. The smallest absolute Gasteiger partial charge is 0.321 e. The van der Waals surface area contributed by atoms with Crippen LogP contribution in [0.4, 0.5) is 10.5 Å². The molecule has 2 amide bonds.